The standard InChI is InChI=1S/C52H99NO8/c1-3-5-7-9-11-13-15-16-17-18-19-20-21-22-23-24-25-26-27-28-29-30-31-32-34-36-38-40-42-48(56)53-45(44-60-52-51(59)50(58)49(57)47(43-54)61-52)46(55)41-39-37-35-33-14-12-10-8-6-4-2/h22-23,39,41,45-47,49-52,54-55,57-59H,3-21,24-38,40,42-44H2,1-2H3,(H,53,56)/b23-22-,41-39+. The molecule has 61 heavy (non-hydrogen) atoms. The van der Waals surface area contributed by atoms with Gasteiger partial charge in [0.2, 0.25) is 5.91 Å². The smallest absolute Gasteiger partial charge is 0.220 e. The quantitative estimate of drug-likeness (QED) is 0.0262. The van der Waals surface area contributed by atoms with Gasteiger partial charge in [-0.1, -0.05) is 218 Å². The fourth-order valence-electron chi connectivity index (χ4n) is 8.33. The number of aliphatic hydroxyl groups excluding tert-OH is 5. The highest BCUT2D eigenvalue weighted by molar-refractivity contribution is 5.76. The topological polar surface area (TPSA) is 149 Å². The van der Waals surface area contributed by atoms with Crippen LogP contribution in [0.4, 0.5) is 0 Å². The Morgan fingerprint density at radius 1 is 0.541 bits per heavy atom. The first-order chi connectivity index (χ1) is 29.8. The van der Waals surface area contributed by atoms with E-state index in [1.807, 2.05) is 6.08 Å². The van der Waals surface area contributed by atoms with Crippen molar-refractivity contribution in [2.75, 3.05) is 13.2 Å². The van der Waals surface area contributed by atoms with Crippen molar-refractivity contribution in [1.82, 2.24) is 5.32 Å². The van der Waals surface area contributed by atoms with Crippen LogP contribution in [0.25, 0.3) is 0 Å². The average Bonchev–Trinajstić information content (AvgIpc) is 3.26. The number of hydrogen-bond acceptors (Lipinski definition) is 8. The highest BCUT2D eigenvalue weighted by atomic mass is 16.7. The number of allylic oxidation sites excluding steroid dienone is 3. The second-order valence-electron chi connectivity index (χ2n) is 18.3. The lowest BCUT2D eigenvalue weighted by Gasteiger charge is -2.40. The number of nitrogens with one attached hydrogen (secondary N) is 1. The van der Waals surface area contributed by atoms with Gasteiger partial charge in [0, 0.05) is 6.42 Å². The van der Waals surface area contributed by atoms with Gasteiger partial charge in [-0.25, -0.2) is 0 Å². The van der Waals surface area contributed by atoms with Gasteiger partial charge in [0.05, 0.1) is 25.4 Å². The van der Waals surface area contributed by atoms with E-state index in [9.17, 15) is 30.3 Å². The van der Waals surface area contributed by atoms with Crippen LogP contribution in [0.1, 0.15) is 245 Å². The summed E-state index contributed by atoms with van der Waals surface area (Å²) in [5.41, 5.74) is 0. The molecule has 0 spiro atoms. The van der Waals surface area contributed by atoms with Crippen molar-refractivity contribution in [3.63, 3.8) is 0 Å². The number of unbranched alkanes of at least 4 members (excludes halogenated alkanes) is 32. The summed E-state index contributed by atoms with van der Waals surface area (Å²) in [7, 11) is 0. The van der Waals surface area contributed by atoms with Crippen molar-refractivity contribution < 1.29 is 39.8 Å². The van der Waals surface area contributed by atoms with E-state index >= 15 is 0 Å². The third-order valence-corrected chi connectivity index (χ3v) is 12.5. The number of aliphatic hydroxyl groups is 5. The van der Waals surface area contributed by atoms with Crippen LogP contribution in [0.15, 0.2) is 24.3 Å². The molecule has 1 fully saturated rings. The van der Waals surface area contributed by atoms with E-state index in [1.54, 1.807) is 6.08 Å². The SMILES string of the molecule is CCCCCCCCCC/C=C/C(O)C(COC1OC(CO)C(O)C(O)C1O)NC(=O)CCCCCCCCCCCCCC/C=C\CCCCCCCCCCCCCC. The molecule has 1 heterocycles. The maximum atomic E-state index is 13.0. The Morgan fingerprint density at radius 3 is 1.33 bits per heavy atom. The first-order valence-corrected chi connectivity index (χ1v) is 26.1. The number of rotatable bonds is 44. The predicted octanol–water partition coefficient (Wildman–Crippen LogP) is 11.8. The van der Waals surface area contributed by atoms with Crippen molar-refractivity contribution in [3.8, 4) is 0 Å². The Labute approximate surface area is 375 Å². The molecule has 0 radical (unpaired) electrons. The lowest BCUT2D eigenvalue weighted by atomic mass is 9.99. The second-order valence-corrected chi connectivity index (χ2v) is 18.3. The van der Waals surface area contributed by atoms with Gasteiger partial charge in [0.25, 0.3) is 0 Å². The molecule has 7 atom stereocenters. The largest absolute Gasteiger partial charge is 0.394 e. The lowest BCUT2D eigenvalue weighted by molar-refractivity contribution is -0.302. The minimum atomic E-state index is -1.56. The highest BCUT2D eigenvalue weighted by Crippen LogP contribution is 2.23. The second kappa shape index (κ2) is 42.6. The van der Waals surface area contributed by atoms with Gasteiger partial charge in [-0.2, -0.15) is 0 Å². The van der Waals surface area contributed by atoms with E-state index in [-0.39, 0.29) is 12.5 Å². The van der Waals surface area contributed by atoms with Gasteiger partial charge in [-0.15, -0.1) is 0 Å². The summed E-state index contributed by atoms with van der Waals surface area (Å²) >= 11 is 0. The Balaban J connectivity index is 2.15. The summed E-state index contributed by atoms with van der Waals surface area (Å²) in [6.45, 7) is 3.76. The number of carbonyl (C=O) groups is 1. The fourth-order valence-corrected chi connectivity index (χ4v) is 8.33. The van der Waals surface area contributed by atoms with E-state index in [2.05, 4.69) is 31.3 Å². The summed E-state index contributed by atoms with van der Waals surface area (Å²) in [6, 6.07) is -0.801. The van der Waals surface area contributed by atoms with Crippen LogP contribution in [0.2, 0.25) is 0 Å². The fraction of sp³-hybridized carbons (Fsp3) is 0.904. The molecular weight excluding hydrogens is 767 g/mol. The summed E-state index contributed by atoms with van der Waals surface area (Å²) in [5.74, 6) is -0.177. The molecule has 360 valence electrons. The lowest BCUT2D eigenvalue weighted by Crippen LogP contribution is -2.60. The number of carbonyl (C=O) groups excluding carboxylic acids is 1. The zero-order valence-electron chi connectivity index (χ0n) is 39.7. The van der Waals surface area contributed by atoms with Crippen LogP contribution in [-0.4, -0.2) is 87.5 Å². The number of hydrogen-bond donors (Lipinski definition) is 6. The zero-order chi connectivity index (χ0) is 44.4. The highest BCUT2D eigenvalue weighted by Gasteiger charge is 2.44. The van der Waals surface area contributed by atoms with Gasteiger partial charge in [-0.05, 0) is 44.9 Å². The van der Waals surface area contributed by atoms with Gasteiger partial charge in [0.15, 0.2) is 6.29 Å². The molecule has 1 aliphatic heterocycles. The van der Waals surface area contributed by atoms with Crippen LogP contribution in [0, 0.1) is 0 Å². The third-order valence-electron chi connectivity index (χ3n) is 12.5. The van der Waals surface area contributed by atoms with Gasteiger partial charge in [-0.3, -0.25) is 4.79 Å². The summed E-state index contributed by atoms with van der Waals surface area (Å²) in [5, 5.41) is 54.2. The summed E-state index contributed by atoms with van der Waals surface area (Å²) < 4.78 is 11.2. The van der Waals surface area contributed by atoms with Crippen LogP contribution in [0.5, 0.6) is 0 Å². The predicted molar refractivity (Wildman–Crippen MR) is 253 cm³/mol. The molecule has 0 aliphatic carbocycles. The van der Waals surface area contributed by atoms with E-state index in [0.29, 0.717) is 6.42 Å². The van der Waals surface area contributed by atoms with E-state index in [1.165, 1.54) is 186 Å². The summed E-state index contributed by atoms with van der Waals surface area (Å²) in [4.78, 5) is 13.0. The summed E-state index contributed by atoms with van der Waals surface area (Å²) in [6.07, 6.45) is 45.4. The third kappa shape index (κ3) is 32.9. The van der Waals surface area contributed by atoms with Crippen LogP contribution in [0.3, 0.4) is 0 Å². The molecule has 0 aromatic rings. The maximum absolute atomic E-state index is 13.0. The monoisotopic (exact) mass is 866 g/mol. The zero-order valence-corrected chi connectivity index (χ0v) is 39.7. The van der Waals surface area contributed by atoms with Crippen molar-refractivity contribution in [1.29, 1.82) is 0 Å². The molecule has 1 saturated heterocycles. The first kappa shape index (κ1) is 57.7. The molecular formula is C52H99NO8. The molecule has 0 aromatic heterocycles. The van der Waals surface area contributed by atoms with Gasteiger partial charge < -0.3 is 40.3 Å². The molecule has 7 unspecified atom stereocenters. The molecule has 1 rings (SSSR count). The van der Waals surface area contributed by atoms with Crippen LogP contribution >= 0.6 is 0 Å². The molecule has 0 saturated carbocycles. The molecule has 9 nitrogen and oxygen atoms in total. The minimum Gasteiger partial charge on any atom is -0.394 e. The van der Waals surface area contributed by atoms with E-state index in [4.69, 9.17) is 9.47 Å². The van der Waals surface area contributed by atoms with E-state index < -0.39 is 49.5 Å². The number of ether oxygens (including phenoxy) is 2. The van der Waals surface area contributed by atoms with Crippen molar-refractivity contribution >= 4 is 5.91 Å². The van der Waals surface area contributed by atoms with Crippen LogP contribution in [-0.2, 0) is 14.3 Å². The minimum absolute atomic E-state index is 0.177. The average molecular weight is 866 g/mol. The normalized spacial score (nSPS) is 20.5. The van der Waals surface area contributed by atoms with Crippen molar-refractivity contribution in [2.45, 2.75) is 288 Å². The molecule has 1 aliphatic rings. The molecule has 1 amide bonds. The maximum Gasteiger partial charge on any atom is 0.220 e. The Kier molecular flexibility index (Phi) is 40.3. The Hall–Kier alpha value is -1.33. The molecule has 0 bridgehead atoms. The Morgan fingerprint density at radius 2 is 0.918 bits per heavy atom. The van der Waals surface area contributed by atoms with Crippen molar-refractivity contribution in [3.05, 3.63) is 24.3 Å². The van der Waals surface area contributed by atoms with Gasteiger partial charge >= 0.3 is 0 Å². The van der Waals surface area contributed by atoms with Crippen LogP contribution < -0.4 is 5.32 Å². The van der Waals surface area contributed by atoms with Crippen molar-refractivity contribution in [2.24, 2.45) is 0 Å². The number of amides is 1. The molecule has 0 aromatic carbocycles. The van der Waals surface area contributed by atoms with Gasteiger partial charge in [0.1, 0.15) is 24.4 Å². The van der Waals surface area contributed by atoms with E-state index in [0.717, 1.165) is 38.5 Å². The molecule has 9 heteroatoms. The molecule has 6 N–H and O–H groups in total. The first-order valence-electron chi connectivity index (χ1n) is 26.1. The Bertz CT molecular complexity index is 1010.